The van der Waals surface area contributed by atoms with Crippen LogP contribution in [0.4, 0.5) is 10.1 Å². The van der Waals surface area contributed by atoms with E-state index >= 15 is 0 Å². The van der Waals surface area contributed by atoms with Gasteiger partial charge in [0, 0.05) is 37.1 Å². The van der Waals surface area contributed by atoms with Crippen LogP contribution >= 0.6 is 0 Å². The van der Waals surface area contributed by atoms with Gasteiger partial charge in [-0.15, -0.1) is 0 Å². The van der Waals surface area contributed by atoms with Crippen molar-refractivity contribution in [2.24, 2.45) is 0 Å². The molecule has 1 aromatic carbocycles. The molecule has 7 nitrogen and oxygen atoms in total. The molecule has 1 atom stereocenters. The minimum absolute atomic E-state index is 0.103. The molecule has 0 radical (unpaired) electrons. The summed E-state index contributed by atoms with van der Waals surface area (Å²) in [6, 6.07) is 7.91. The predicted octanol–water partition coefficient (Wildman–Crippen LogP) is 1.48. The Morgan fingerprint density at radius 3 is 3.00 bits per heavy atom. The van der Waals surface area contributed by atoms with Gasteiger partial charge in [0.25, 0.3) is 11.5 Å². The van der Waals surface area contributed by atoms with Crippen LogP contribution in [0.3, 0.4) is 0 Å². The topological polar surface area (TPSA) is 82.5 Å². The fourth-order valence-electron chi connectivity index (χ4n) is 3.33. The molecule has 0 bridgehead atoms. The van der Waals surface area contributed by atoms with E-state index in [0.29, 0.717) is 35.7 Å². The van der Waals surface area contributed by atoms with Gasteiger partial charge in [-0.05, 0) is 25.5 Å². The summed E-state index contributed by atoms with van der Waals surface area (Å²) in [5.41, 5.74) is 1.44. The zero-order valence-corrected chi connectivity index (χ0v) is 14.2. The first kappa shape index (κ1) is 16.3. The average Bonchev–Trinajstić information content (AvgIpc) is 3.22. The summed E-state index contributed by atoms with van der Waals surface area (Å²) in [7, 11) is 0. The van der Waals surface area contributed by atoms with Crippen molar-refractivity contribution in [1.29, 1.82) is 0 Å². The van der Waals surface area contributed by atoms with Crippen molar-refractivity contribution < 1.29 is 9.18 Å². The number of aromatic nitrogens is 3. The number of hydrogen-bond acceptors (Lipinski definition) is 4. The van der Waals surface area contributed by atoms with Crippen molar-refractivity contribution in [3.63, 3.8) is 0 Å². The molecule has 0 aliphatic carbocycles. The van der Waals surface area contributed by atoms with Crippen LogP contribution in [0.1, 0.15) is 22.5 Å². The number of aryl methyl sites for hydroxylation is 1. The molecule has 8 heteroatoms. The van der Waals surface area contributed by atoms with Gasteiger partial charge < -0.3 is 10.2 Å². The largest absolute Gasteiger partial charge is 0.367 e. The Balaban J connectivity index is 1.51. The fraction of sp³-hybridized carbons (Fsp3) is 0.278. The molecule has 1 unspecified atom stereocenters. The number of carbonyl (C=O) groups is 1. The Kier molecular flexibility index (Phi) is 3.95. The Morgan fingerprint density at radius 2 is 2.19 bits per heavy atom. The van der Waals surface area contributed by atoms with Crippen LogP contribution in [0.2, 0.25) is 0 Å². The van der Waals surface area contributed by atoms with E-state index in [0.717, 1.165) is 6.42 Å². The van der Waals surface area contributed by atoms with Gasteiger partial charge >= 0.3 is 0 Å². The van der Waals surface area contributed by atoms with Crippen molar-refractivity contribution in [3.8, 4) is 0 Å². The molecule has 2 N–H and O–H groups in total. The predicted molar refractivity (Wildman–Crippen MR) is 95.0 cm³/mol. The number of para-hydroxylation sites is 1. The van der Waals surface area contributed by atoms with Crippen LogP contribution in [0.25, 0.3) is 5.65 Å². The van der Waals surface area contributed by atoms with Crippen molar-refractivity contribution in [3.05, 3.63) is 64.0 Å². The van der Waals surface area contributed by atoms with E-state index in [2.05, 4.69) is 15.4 Å². The first-order valence-corrected chi connectivity index (χ1v) is 8.41. The normalized spacial score (nSPS) is 17.0. The number of nitrogens with one attached hydrogen (secondary N) is 2. The highest BCUT2D eigenvalue weighted by molar-refractivity contribution is 5.99. The molecule has 1 fully saturated rings. The van der Waals surface area contributed by atoms with Gasteiger partial charge in [-0.2, -0.15) is 0 Å². The zero-order valence-electron chi connectivity index (χ0n) is 14.2. The number of halogens is 1. The van der Waals surface area contributed by atoms with Gasteiger partial charge in [-0.1, -0.05) is 12.1 Å². The lowest BCUT2D eigenvalue weighted by Gasteiger charge is -2.19. The van der Waals surface area contributed by atoms with Crippen LogP contribution in [0, 0.1) is 12.7 Å². The van der Waals surface area contributed by atoms with Crippen molar-refractivity contribution in [2.45, 2.75) is 19.4 Å². The molecule has 26 heavy (non-hydrogen) atoms. The van der Waals surface area contributed by atoms with E-state index in [4.69, 9.17) is 0 Å². The highest BCUT2D eigenvalue weighted by Gasteiger charge is 2.27. The maximum Gasteiger partial charge on any atom is 0.272 e. The number of rotatable bonds is 3. The summed E-state index contributed by atoms with van der Waals surface area (Å²) >= 11 is 0. The van der Waals surface area contributed by atoms with Gasteiger partial charge in [0.15, 0.2) is 5.65 Å². The highest BCUT2D eigenvalue weighted by atomic mass is 19.1. The fourth-order valence-corrected chi connectivity index (χ4v) is 3.33. The highest BCUT2D eigenvalue weighted by Crippen LogP contribution is 2.23. The molecular weight excluding hydrogens is 337 g/mol. The summed E-state index contributed by atoms with van der Waals surface area (Å²) in [6.07, 6.45) is 2.19. The average molecular weight is 355 g/mol. The molecule has 1 amide bonds. The number of nitrogens with zero attached hydrogens (tertiary/aromatic N) is 3. The number of anilines is 1. The third-order valence-electron chi connectivity index (χ3n) is 4.59. The molecular formula is C18H18FN5O2. The van der Waals surface area contributed by atoms with Crippen LogP contribution in [-0.2, 0) is 0 Å². The molecule has 3 aromatic rings. The van der Waals surface area contributed by atoms with Crippen LogP contribution in [-0.4, -0.2) is 39.6 Å². The monoisotopic (exact) mass is 355 g/mol. The number of amides is 1. The SMILES string of the molecule is Cc1cc(=O)n2[nH]cc(C(=O)NC3CCN(c4ccccc4F)C3)c2n1. The molecule has 2 aromatic heterocycles. The van der Waals surface area contributed by atoms with Crippen molar-refractivity contribution in [2.75, 3.05) is 18.0 Å². The first-order valence-electron chi connectivity index (χ1n) is 8.41. The van der Waals surface area contributed by atoms with E-state index in [1.165, 1.54) is 22.8 Å². The van der Waals surface area contributed by atoms with Gasteiger partial charge in [0.05, 0.1) is 5.69 Å². The second-order valence-corrected chi connectivity index (χ2v) is 6.44. The number of H-pyrrole nitrogens is 1. The molecule has 0 spiro atoms. The summed E-state index contributed by atoms with van der Waals surface area (Å²) in [5.74, 6) is -0.572. The standard InChI is InChI=1S/C18H18FN5O2/c1-11-8-16(25)24-17(21-11)13(9-20-24)18(26)22-12-6-7-23(10-12)15-5-3-2-4-14(15)19/h2-5,8-9,12,20H,6-7,10H2,1H3,(H,22,26). The summed E-state index contributed by atoms with van der Waals surface area (Å²) in [6.45, 7) is 2.90. The van der Waals surface area contributed by atoms with Gasteiger partial charge in [0.1, 0.15) is 11.4 Å². The molecule has 3 heterocycles. The molecule has 1 aliphatic rings. The summed E-state index contributed by atoms with van der Waals surface area (Å²) in [4.78, 5) is 30.8. The van der Waals surface area contributed by atoms with Gasteiger partial charge in [-0.25, -0.2) is 13.9 Å². The Morgan fingerprint density at radius 1 is 1.38 bits per heavy atom. The lowest BCUT2D eigenvalue weighted by Crippen LogP contribution is -2.37. The number of benzene rings is 1. The Hall–Kier alpha value is -3.16. The number of carbonyl (C=O) groups excluding carboxylic acids is 1. The van der Waals surface area contributed by atoms with Crippen LogP contribution in [0.15, 0.2) is 41.3 Å². The lowest BCUT2D eigenvalue weighted by atomic mass is 10.2. The second kappa shape index (κ2) is 6.29. The van der Waals surface area contributed by atoms with E-state index in [1.807, 2.05) is 4.90 Å². The van der Waals surface area contributed by atoms with Crippen molar-refractivity contribution >= 4 is 17.2 Å². The van der Waals surface area contributed by atoms with Crippen molar-refractivity contribution in [1.82, 2.24) is 19.9 Å². The van der Waals surface area contributed by atoms with Gasteiger partial charge in [-0.3, -0.25) is 14.7 Å². The molecule has 0 saturated carbocycles. The third-order valence-corrected chi connectivity index (χ3v) is 4.59. The maximum absolute atomic E-state index is 13.9. The molecule has 134 valence electrons. The minimum atomic E-state index is -0.304. The first-order chi connectivity index (χ1) is 12.5. The number of fused-ring (bicyclic) bond motifs is 1. The summed E-state index contributed by atoms with van der Waals surface area (Å²) < 4.78 is 15.2. The smallest absolute Gasteiger partial charge is 0.272 e. The minimum Gasteiger partial charge on any atom is -0.367 e. The molecule has 4 rings (SSSR count). The second-order valence-electron chi connectivity index (χ2n) is 6.44. The van der Waals surface area contributed by atoms with Crippen LogP contribution in [0.5, 0.6) is 0 Å². The lowest BCUT2D eigenvalue weighted by molar-refractivity contribution is 0.0942. The van der Waals surface area contributed by atoms with E-state index in [9.17, 15) is 14.0 Å². The van der Waals surface area contributed by atoms with E-state index in [-0.39, 0.29) is 23.3 Å². The van der Waals surface area contributed by atoms with E-state index < -0.39 is 0 Å². The number of aromatic amines is 1. The molecule has 1 aliphatic heterocycles. The maximum atomic E-state index is 13.9. The quantitative estimate of drug-likeness (QED) is 0.746. The van der Waals surface area contributed by atoms with Crippen LogP contribution < -0.4 is 15.8 Å². The third kappa shape index (κ3) is 2.83. The molecule has 1 saturated heterocycles. The Labute approximate surface area is 148 Å². The van der Waals surface area contributed by atoms with E-state index in [1.54, 1.807) is 25.1 Å². The Bertz CT molecular complexity index is 1040. The zero-order chi connectivity index (χ0) is 18.3. The van der Waals surface area contributed by atoms with Gasteiger partial charge in [0.2, 0.25) is 0 Å². The number of hydrogen-bond donors (Lipinski definition) is 2. The summed E-state index contributed by atoms with van der Waals surface area (Å²) in [5, 5.41) is 5.71.